The zero-order valence-electron chi connectivity index (χ0n) is 6.02. The van der Waals surface area contributed by atoms with Gasteiger partial charge in [-0.15, -0.1) is 0 Å². The van der Waals surface area contributed by atoms with Gasteiger partial charge in [0.15, 0.2) is 0 Å². The van der Waals surface area contributed by atoms with Crippen LogP contribution >= 0.6 is 15.9 Å². The van der Waals surface area contributed by atoms with Crippen LogP contribution in [0.1, 0.15) is 26.7 Å². The molecule has 0 aromatic carbocycles. The summed E-state index contributed by atoms with van der Waals surface area (Å²) in [5, 5.41) is 0. The lowest BCUT2D eigenvalue weighted by Gasteiger charge is -2.09. The molecule has 0 amide bonds. The van der Waals surface area contributed by atoms with E-state index in [2.05, 4.69) is 35.9 Å². The molecule has 0 heterocycles. The fourth-order valence-electron chi connectivity index (χ4n) is 1.23. The van der Waals surface area contributed by atoms with Crippen molar-refractivity contribution in [1.29, 1.82) is 0 Å². The van der Waals surface area contributed by atoms with Crippen molar-refractivity contribution >= 4 is 15.9 Å². The third-order valence-electron chi connectivity index (χ3n) is 1.97. The summed E-state index contributed by atoms with van der Waals surface area (Å²) < 4.78 is 1.40. The second-order valence-electron chi connectivity index (χ2n) is 3.06. The van der Waals surface area contributed by atoms with Gasteiger partial charge in [-0.05, 0) is 29.2 Å². The zero-order chi connectivity index (χ0) is 6.85. The Morgan fingerprint density at radius 1 is 1.67 bits per heavy atom. The van der Waals surface area contributed by atoms with Gasteiger partial charge in [0, 0.05) is 0 Å². The van der Waals surface area contributed by atoms with Crippen LogP contribution in [0.25, 0.3) is 0 Å². The minimum absolute atomic E-state index is 0.819. The molecule has 0 saturated carbocycles. The molecule has 1 aliphatic rings. The average molecular weight is 189 g/mol. The fourth-order valence-corrected chi connectivity index (χ4v) is 1.80. The van der Waals surface area contributed by atoms with Gasteiger partial charge in [-0.2, -0.15) is 0 Å². The Kier molecular flexibility index (Phi) is 2.34. The predicted octanol–water partition coefficient (Wildman–Crippen LogP) is 3.33. The zero-order valence-corrected chi connectivity index (χ0v) is 7.61. The molecule has 1 atom stereocenters. The molecule has 0 aromatic rings. The van der Waals surface area contributed by atoms with E-state index >= 15 is 0 Å². The van der Waals surface area contributed by atoms with E-state index < -0.39 is 0 Å². The van der Waals surface area contributed by atoms with Crippen molar-refractivity contribution in [2.24, 2.45) is 11.8 Å². The van der Waals surface area contributed by atoms with E-state index in [-0.39, 0.29) is 0 Å². The molecule has 0 N–H and O–H groups in total. The minimum Gasteiger partial charge on any atom is -0.0710 e. The van der Waals surface area contributed by atoms with Gasteiger partial charge in [0.1, 0.15) is 0 Å². The summed E-state index contributed by atoms with van der Waals surface area (Å²) in [5.74, 6) is 1.65. The van der Waals surface area contributed by atoms with Gasteiger partial charge < -0.3 is 0 Å². The summed E-state index contributed by atoms with van der Waals surface area (Å²) in [4.78, 5) is 0. The first-order valence-corrected chi connectivity index (χ1v) is 4.35. The summed E-state index contributed by atoms with van der Waals surface area (Å²) in [7, 11) is 0. The van der Waals surface area contributed by atoms with Crippen LogP contribution in [0.3, 0.4) is 0 Å². The molecule has 52 valence electrons. The summed E-state index contributed by atoms with van der Waals surface area (Å²) in [5.41, 5.74) is 0. The second kappa shape index (κ2) is 2.87. The van der Waals surface area contributed by atoms with Gasteiger partial charge in [-0.25, -0.2) is 0 Å². The van der Waals surface area contributed by atoms with E-state index in [4.69, 9.17) is 0 Å². The Hall–Kier alpha value is 0.220. The Balaban J connectivity index is 2.47. The molecule has 0 nitrogen and oxygen atoms in total. The van der Waals surface area contributed by atoms with Crippen LogP contribution in [0.2, 0.25) is 0 Å². The van der Waals surface area contributed by atoms with Crippen LogP contribution in [0, 0.1) is 11.8 Å². The Morgan fingerprint density at radius 2 is 2.33 bits per heavy atom. The van der Waals surface area contributed by atoms with Gasteiger partial charge in [0.05, 0.1) is 0 Å². The maximum absolute atomic E-state index is 3.51. The number of allylic oxidation sites excluding steroid dienone is 2. The van der Waals surface area contributed by atoms with Gasteiger partial charge in [-0.1, -0.05) is 35.9 Å². The Morgan fingerprint density at radius 3 is 2.56 bits per heavy atom. The highest BCUT2D eigenvalue weighted by Crippen LogP contribution is 2.32. The Bertz CT molecular complexity index is 125. The van der Waals surface area contributed by atoms with Crippen molar-refractivity contribution in [2.45, 2.75) is 26.7 Å². The molecule has 0 bridgehead atoms. The van der Waals surface area contributed by atoms with Gasteiger partial charge in [0.25, 0.3) is 0 Å². The molecule has 0 aromatic heterocycles. The van der Waals surface area contributed by atoms with E-state index in [9.17, 15) is 0 Å². The summed E-state index contributed by atoms with van der Waals surface area (Å²) >= 11 is 3.51. The number of hydrogen-bond donors (Lipinski definition) is 0. The predicted molar refractivity (Wildman–Crippen MR) is 44.6 cm³/mol. The fraction of sp³-hybridized carbons (Fsp3) is 0.750. The molecule has 0 spiro atoms. The quantitative estimate of drug-likeness (QED) is 0.593. The highest BCUT2D eigenvalue weighted by atomic mass is 79.9. The minimum atomic E-state index is 0.819. The number of rotatable bonds is 1. The van der Waals surface area contributed by atoms with Crippen LogP contribution in [0.5, 0.6) is 0 Å². The molecule has 1 aliphatic carbocycles. The first-order valence-electron chi connectivity index (χ1n) is 3.56. The van der Waals surface area contributed by atoms with Crippen molar-refractivity contribution in [3.63, 3.8) is 0 Å². The maximum atomic E-state index is 3.51. The van der Waals surface area contributed by atoms with Crippen LogP contribution in [-0.2, 0) is 0 Å². The van der Waals surface area contributed by atoms with Gasteiger partial charge in [0.2, 0.25) is 0 Å². The van der Waals surface area contributed by atoms with E-state index in [0.29, 0.717) is 0 Å². The van der Waals surface area contributed by atoms with Crippen molar-refractivity contribution in [1.82, 2.24) is 0 Å². The normalized spacial score (nSPS) is 27.1. The first kappa shape index (κ1) is 7.33. The summed E-state index contributed by atoms with van der Waals surface area (Å²) in [6.45, 7) is 4.57. The number of halogens is 1. The molecule has 1 heteroatoms. The summed E-state index contributed by atoms with van der Waals surface area (Å²) in [6, 6.07) is 0. The third-order valence-corrected chi connectivity index (χ3v) is 2.63. The largest absolute Gasteiger partial charge is 0.0710 e. The maximum Gasteiger partial charge on any atom is -0.00861 e. The summed E-state index contributed by atoms with van der Waals surface area (Å²) in [6.07, 6.45) is 4.95. The van der Waals surface area contributed by atoms with Gasteiger partial charge in [-0.3, -0.25) is 0 Å². The highest BCUT2D eigenvalue weighted by molar-refractivity contribution is 9.11. The first-order chi connectivity index (χ1) is 4.20. The van der Waals surface area contributed by atoms with Crippen LogP contribution in [0.15, 0.2) is 10.6 Å². The molecule has 0 saturated heterocycles. The van der Waals surface area contributed by atoms with E-state index in [0.717, 1.165) is 11.8 Å². The molecule has 1 rings (SSSR count). The molecule has 0 unspecified atom stereocenters. The SMILES string of the molecule is CC(C)[C@H]1C=C(Br)CC1. The van der Waals surface area contributed by atoms with Gasteiger partial charge >= 0.3 is 0 Å². The molecule has 9 heavy (non-hydrogen) atoms. The van der Waals surface area contributed by atoms with Crippen molar-refractivity contribution in [3.05, 3.63) is 10.6 Å². The van der Waals surface area contributed by atoms with E-state index in [1.807, 2.05) is 0 Å². The van der Waals surface area contributed by atoms with Crippen molar-refractivity contribution < 1.29 is 0 Å². The average Bonchev–Trinajstić information content (AvgIpc) is 2.14. The molecule has 0 aliphatic heterocycles. The highest BCUT2D eigenvalue weighted by Gasteiger charge is 2.16. The van der Waals surface area contributed by atoms with Crippen molar-refractivity contribution in [2.75, 3.05) is 0 Å². The molecular formula is C8H13Br. The smallest absolute Gasteiger partial charge is 0.00861 e. The lowest BCUT2D eigenvalue weighted by molar-refractivity contribution is 0.459. The lowest BCUT2D eigenvalue weighted by Crippen LogP contribution is -2.00. The molecule has 0 radical (unpaired) electrons. The standard InChI is InChI=1S/C8H13Br/c1-6(2)7-3-4-8(9)5-7/h5-7H,3-4H2,1-2H3/t7-/m1/s1. The van der Waals surface area contributed by atoms with E-state index in [1.54, 1.807) is 0 Å². The van der Waals surface area contributed by atoms with E-state index in [1.165, 1.54) is 17.3 Å². The monoisotopic (exact) mass is 188 g/mol. The van der Waals surface area contributed by atoms with Crippen LogP contribution in [-0.4, -0.2) is 0 Å². The molecular weight excluding hydrogens is 176 g/mol. The third kappa shape index (κ3) is 1.82. The second-order valence-corrected chi connectivity index (χ2v) is 4.08. The van der Waals surface area contributed by atoms with Crippen molar-refractivity contribution in [3.8, 4) is 0 Å². The van der Waals surface area contributed by atoms with Crippen LogP contribution < -0.4 is 0 Å². The number of hydrogen-bond acceptors (Lipinski definition) is 0. The molecule has 0 fully saturated rings. The topological polar surface area (TPSA) is 0 Å². The van der Waals surface area contributed by atoms with Crippen LogP contribution in [0.4, 0.5) is 0 Å². The lowest BCUT2D eigenvalue weighted by atomic mass is 9.96. The Labute approximate surface area is 65.5 Å².